The van der Waals surface area contributed by atoms with Gasteiger partial charge in [0.25, 0.3) is 0 Å². The maximum atomic E-state index is 8.56. The fourth-order valence-corrected chi connectivity index (χ4v) is 0. The molecule has 0 aromatic rings. The first kappa shape index (κ1) is 22.6. The van der Waals surface area contributed by atoms with Gasteiger partial charge in [-0.05, 0) is 0 Å². The molecule has 7 heavy (non-hydrogen) atoms. The molecule has 0 rings (SSSR count). The number of carboxylic acid groups (broad SMARTS) is 2. The van der Waals surface area contributed by atoms with Crippen LogP contribution in [0, 0.1) is 0 Å². The molecule has 0 radical (unpaired) electrons. The molecule has 0 aromatic heterocycles. The second-order valence-electron chi connectivity index (χ2n) is 0.283. The molecule has 0 aromatic carbocycles. The Morgan fingerprint density at radius 3 is 1.14 bits per heavy atom. The van der Waals surface area contributed by atoms with Gasteiger partial charge in [-0.1, -0.05) is 0 Å². The summed E-state index contributed by atoms with van der Waals surface area (Å²) in [5.41, 5.74) is 0. The Morgan fingerprint density at radius 2 is 1.14 bits per heavy atom. The molecule has 0 heterocycles. The Bertz CT molecular complexity index is 35.9. The summed E-state index contributed by atoms with van der Waals surface area (Å²) in [6.45, 7) is 0. The van der Waals surface area contributed by atoms with Crippen LogP contribution in [0.25, 0.3) is 0 Å². The van der Waals surface area contributed by atoms with Crippen LogP contribution in [0.5, 0.6) is 0 Å². The van der Waals surface area contributed by atoms with E-state index in [1.165, 1.54) is 0 Å². The minimum atomic E-state index is -1.83. The molecular weight excluding hydrogens is 163 g/mol. The third-order valence-electron chi connectivity index (χ3n) is 0. The van der Waals surface area contributed by atoms with E-state index in [2.05, 4.69) is 0 Å². The molecule has 0 aliphatic carbocycles. The van der Waals surface area contributed by atoms with Crippen LogP contribution in [0.15, 0.2) is 0 Å². The van der Waals surface area contributed by atoms with Crippen LogP contribution in [0.2, 0.25) is 0 Å². The normalized spacial score (nSPS) is 3.43. The monoisotopic (exact) mass is 170 g/mol. The van der Waals surface area contributed by atoms with Gasteiger partial charge in [-0.3, -0.25) is 0 Å². The van der Waals surface area contributed by atoms with Crippen molar-refractivity contribution in [1.82, 2.24) is 0 Å². The third-order valence-corrected chi connectivity index (χ3v) is 0. The molecule has 3 nitrogen and oxygen atoms in total. The minimum absolute atomic E-state index is 0. The molecule has 0 bridgehead atoms. The van der Waals surface area contributed by atoms with Gasteiger partial charge in [0.05, 0.1) is 0 Å². The van der Waals surface area contributed by atoms with Gasteiger partial charge < -0.3 is 10.2 Å². The van der Waals surface area contributed by atoms with Gasteiger partial charge in [-0.25, -0.2) is 4.79 Å². The van der Waals surface area contributed by atoms with Crippen LogP contribution < -0.4 is 0 Å². The van der Waals surface area contributed by atoms with E-state index in [0.29, 0.717) is 0 Å². The Labute approximate surface area is 123 Å². The van der Waals surface area contributed by atoms with E-state index in [9.17, 15) is 0 Å². The standard InChI is InChI=1S/CH2O3.2Ca.Na.5H/c2-1(3)4;;;;;;;;/h(H2,2,3,4);;;;;;;;. The summed E-state index contributed by atoms with van der Waals surface area (Å²) in [4.78, 5) is 8.56. The average molecular weight is 170 g/mol. The van der Waals surface area contributed by atoms with E-state index in [1.54, 1.807) is 0 Å². The first-order valence-corrected chi connectivity index (χ1v) is 0.651. The molecule has 0 spiro atoms. The van der Waals surface area contributed by atoms with Crippen LogP contribution in [0.1, 0.15) is 0 Å². The van der Waals surface area contributed by atoms with Gasteiger partial charge in [-0.2, -0.15) is 0 Å². The molecule has 0 unspecified atom stereocenters. The van der Waals surface area contributed by atoms with Crippen molar-refractivity contribution in [2.24, 2.45) is 0 Å². The number of hydrogen-bond donors (Lipinski definition) is 2. The molecular formula is CH7Ca2NaO3. The molecule has 34 valence electrons. The van der Waals surface area contributed by atoms with Crippen LogP contribution in [0.4, 0.5) is 4.79 Å². The molecule has 0 aliphatic rings. The van der Waals surface area contributed by atoms with Crippen molar-refractivity contribution < 1.29 is 15.0 Å². The average Bonchev–Trinajstić information content (AvgIpc) is 0.811. The predicted octanol–water partition coefficient (Wildman–Crippen LogP) is -2.26. The van der Waals surface area contributed by atoms with E-state index in [-0.39, 0.29) is 105 Å². The SMILES string of the molecule is O=C(O)O.[CaH2].[CaH2].[NaH]. The number of carbonyl (C=O) groups is 1. The summed E-state index contributed by atoms with van der Waals surface area (Å²) in [5.74, 6) is 0. The maximum absolute atomic E-state index is 8.56. The van der Waals surface area contributed by atoms with Gasteiger partial charge in [0.15, 0.2) is 0 Å². The van der Waals surface area contributed by atoms with Gasteiger partial charge in [0, 0.05) is 0 Å². The topological polar surface area (TPSA) is 57.5 Å². The number of rotatable bonds is 0. The van der Waals surface area contributed by atoms with E-state index >= 15 is 0 Å². The molecule has 0 atom stereocenters. The van der Waals surface area contributed by atoms with Crippen molar-refractivity contribution in [3.05, 3.63) is 0 Å². The van der Waals surface area contributed by atoms with Crippen molar-refractivity contribution in [2.75, 3.05) is 0 Å². The van der Waals surface area contributed by atoms with Crippen molar-refractivity contribution in [3.8, 4) is 0 Å². The molecule has 0 amide bonds. The van der Waals surface area contributed by atoms with Crippen LogP contribution in [-0.2, 0) is 0 Å². The second-order valence-corrected chi connectivity index (χ2v) is 0.283. The number of hydrogen-bond acceptors (Lipinski definition) is 1. The van der Waals surface area contributed by atoms with Gasteiger partial charge >= 0.3 is 111 Å². The Morgan fingerprint density at radius 1 is 1.14 bits per heavy atom. The zero-order valence-corrected chi connectivity index (χ0v) is 1.80. The molecule has 2 N–H and O–H groups in total. The first-order valence-electron chi connectivity index (χ1n) is 0.651. The van der Waals surface area contributed by atoms with Gasteiger partial charge in [0.1, 0.15) is 0 Å². The van der Waals surface area contributed by atoms with Crippen LogP contribution in [0.3, 0.4) is 0 Å². The van der Waals surface area contributed by atoms with E-state index in [0.717, 1.165) is 0 Å². The summed E-state index contributed by atoms with van der Waals surface area (Å²) >= 11 is 0. The predicted molar refractivity (Wildman–Crippen MR) is 34.9 cm³/mol. The summed E-state index contributed by atoms with van der Waals surface area (Å²) in [5, 5.41) is 13.9. The fourth-order valence-electron chi connectivity index (χ4n) is 0. The zero-order valence-electron chi connectivity index (χ0n) is 1.80. The van der Waals surface area contributed by atoms with Gasteiger partial charge in [0.2, 0.25) is 0 Å². The molecule has 0 aliphatic heterocycles. The van der Waals surface area contributed by atoms with Crippen molar-refractivity contribution in [2.45, 2.75) is 0 Å². The van der Waals surface area contributed by atoms with Crippen LogP contribution in [-0.4, -0.2) is 121 Å². The Hall–Kier alpha value is 2.79. The van der Waals surface area contributed by atoms with E-state index in [1.807, 2.05) is 0 Å². The summed E-state index contributed by atoms with van der Waals surface area (Å²) in [6, 6.07) is 0. The Kier molecular flexibility index (Phi) is 51.3. The van der Waals surface area contributed by atoms with Crippen molar-refractivity contribution in [3.63, 3.8) is 0 Å². The van der Waals surface area contributed by atoms with Crippen molar-refractivity contribution in [1.29, 1.82) is 0 Å². The summed E-state index contributed by atoms with van der Waals surface area (Å²) in [6.07, 6.45) is -1.83. The molecule has 0 fully saturated rings. The quantitative estimate of drug-likeness (QED) is 0.403. The second kappa shape index (κ2) is 15.9. The molecule has 0 saturated heterocycles. The van der Waals surface area contributed by atoms with Gasteiger partial charge in [-0.15, -0.1) is 0 Å². The van der Waals surface area contributed by atoms with E-state index < -0.39 is 6.16 Å². The molecule has 0 saturated carbocycles. The molecule has 6 heteroatoms. The summed E-state index contributed by atoms with van der Waals surface area (Å²) in [7, 11) is 0. The van der Waals surface area contributed by atoms with Crippen LogP contribution >= 0.6 is 0 Å². The Balaban J connectivity index is -0.0000000150. The van der Waals surface area contributed by atoms with Crippen molar-refractivity contribution >= 4 is 111 Å². The first-order chi connectivity index (χ1) is 1.73. The summed E-state index contributed by atoms with van der Waals surface area (Å²) < 4.78 is 0. The zero-order chi connectivity index (χ0) is 3.58. The third kappa shape index (κ3) is 52.1. The van der Waals surface area contributed by atoms with E-state index in [4.69, 9.17) is 15.0 Å². The fraction of sp³-hybridized carbons (Fsp3) is 0.